The number of fused-ring (bicyclic) bond motifs is 2. The average molecular weight is 372 g/mol. The van der Waals surface area contributed by atoms with Gasteiger partial charge in [-0.1, -0.05) is 42.5 Å². The van der Waals surface area contributed by atoms with Crippen molar-refractivity contribution in [1.82, 2.24) is 9.97 Å². The fraction of sp³-hybridized carbons (Fsp3) is 0.182. The summed E-state index contributed by atoms with van der Waals surface area (Å²) in [5.41, 5.74) is 3.82. The van der Waals surface area contributed by atoms with Crippen LogP contribution in [-0.2, 0) is 19.5 Å². The number of hydrogen-bond donors (Lipinski definition) is 1. The van der Waals surface area contributed by atoms with Crippen molar-refractivity contribution in [2.45, 2.75) is 19.5 Å². The molecule has 4 aromatic rings. The van der Waals surface area contributed by atoms with Crippen molar-refractivity contribution in [1.29, 1.82) is 0 Å². The zero-order valence-corrected chi connectivity index (χ0v) is 15.7. The average Bonchev–Trinajstić information content (AvgIpc) is 3.25. The number of rotatable bonds is 4. The molecule has 5 rings (SSSR count). The summed E-state index contributed by atoms with van der Waals surface area (Å²) in [6.07, 6.45) is 1.05. The minimum absolute atomic E-state index is 0.691. The van der Waals surface area contributed by atoms with Crippen LogP contribution in [0, 0.1) is 0 Å². The molecule has 3 heterocycles. The van der Waals surface area contributed by atoms with Gasteiger partial charge in [0.15, 0.2) is 0 Å². The molecule has 0 spiro atoms. The second-order valence-corrected chi connectivity index (χ2v) is 7.79. The highest BCUT2D eigenvalue weighted by Gasteiger charge is 2.20. The van der Waals surface area contributed by atoms with E-state index in [1.807, 2.05) is 6.07 Å². The van der Waals surface area contributed by atoms with Gasteiger partial charge in [0.05, 0.1) is 12.1 Å². The monoisotopic (exact) mass is 372 g/mol. The van der Waals surface area contributed by atoms with E-state index in [9.17, 15) is 0 Å². The summed E-state index contributed by atoms with van der Waals surface area (Å²) >= 11 is 1.74. The molecule has 5 heteroatoms. The molecule has 0 radical (unpaired) electrons. The van der Waals surface area contributed by atoms with Gasteiger partial charge in [-0.15, -0.1) is 11.3 Å². The lowest BCUT2D eigenvalue weighted by atomic mass is 10.00. The Morgan fingerprint density at radius 1 is 0.926 bits per heavy atom. The molecule has 4 nitrogen and oxygen atoms in total. The molecule has 0 bridgehead atoms. The molecule has 0 aliphatic carbocycles. The van der Waals surface area contributed by atoms with E-state index in [0.29, 0.717) is 5.95 Å². The number of hydrogen-bond acceptors (Lipinski definition) is 5. The van der Waals surface area contributed by atoms with Gasteiger partial charge in [-0.2, -0.15) is 4.98 Å². The summed E-state index contributed by atoms with van der Waals surface area (Å²) in [4.78, 5) is 13.3. The molecule has 2 aromatic carbocycles. The molecule has 0 unspecified atom stereocenters. The minimum atomic E-state index is 0.691. The standard InChI is InChI=1S/C22H20N4S/c1-2-7-17-15-26(12-11-16(17)6-1)21-19-9-3-4-10-20(19)24-22(25-21)23-14-18-8-5-13-27-18/h1-10,13H,11-12,14-15H2,(H,23,24,25). The smallest absolute Gasteiger partial charge is 0.225 e. The molecule has 0 saturated heterocycles. The lowest BCUT2D eigenvalue weighted by Crippen LogP contribution is -2.31. The van der Waals surface area contributed by atoms with Gasteiger partial charge in [-0.25, -0.2) is 4.98 Å². The number of benzene rings is 2. The van der Waals surface area contributed by atoms with Crippen LogP contribution in [0.1, 0.15) is 16.0 Å². The molecule has 1 aliphatic rings. The topological polar surface area (TPSA) is 41.1 Å². The van der Waals surface area contributed by atoms with Crippen LogP contribution in [0.4, 0.5) is 11.8 Å². The Labute approximate surface area is 162 Å². The van der Waals surface area contributed by atoms with E-state index in [2.05, 4.69) is 70.2 Å². The Morgan fingerprint density at radius 3 is 2.67 bits per heavy atom. The van der Waals surface area contributed by atoms with E-state index < -0.39 is 0 Å². The Hall–Kier alpha value is -2.92. The summed E-state index contributed by atoms with van der Waals surface area (Å²) in [5, 5.41) is 6.60. The first-order valence-corrected chi connectivity index (χ1v) is 10.1. The molecule has 27 heavy (non-hydrogen) atoms. The van der Waals surface area contributed by atoms with E-state index in [0.717, 1.165) is 42.8 Å². The van der Waals surface area contributed by atoms with Crippen LogP contribution in [0.2, 0.25) is 0 Å². The summed E-state index contributed by atoms with van der Waals surface area (Å²) in [5.74, 6) is 1.71. The van der Waals surface area contributed by atoms with E-state index in [4.69, 9.17) is 9.97 Å². The van der Waals surface area contributed by atoms with E-state index in [1.54, 1.807) is 11.3 Å². The van der Waals surface area contributed by atoms with E-state index in [-0.39, 0.29) is 0 Å². The first-order chi connectivity index (χ1) is 13.4. The Bertz CT molecular complexity index is 1070. The molecule has 1 N–H and O–H groups in total. The molecule has 134 valence electrons. The van der Waals surface area contributed by atoms with Gasteiger partial charge in [-0.3, -0.25) is 0 Å². The van der Waals surface area contributed by atoms with Crippen LogP contribution in [0.3, 0.4) is 0 Å². The fourth-order valence-corrected chi connectivity index (χ4v) is 4.28. The van der Waals surface area contributed by atoms with E-state index >= 15 is 0 Å². The maximum absolute atomic E-state index is 4.91. The predicted octanol–water partition coefficient (Wildman–Crippen LogP) is 4.87. The first-order valence-electron chi connectivity index (χ1n) is 9.21. The van der Waals surface area contributed by atoms with Crippen LogP contribution in [0.5, 0.6) is 0 Å². The molecular weight excluding hydrogens is 352 g/mol. The Balaban J connectivity index is 1.50. The minimum Gasteiger partial charge on any atom is -0.351 e. The Morgan fingerprint density at radius 2 is 1.78 bits per heavy atom. The van der Waals surface area contributed by atoms with Crippen molar-refractivity contribution in [3.8, 4) is 0 Å². The van der Waals surface area contributed by atoms with Crippen molar-refractivity contribution in [2.24, 2.45) is 0 Å². The SMILES string of the molecule is c1csc(CNc2nc(N3CCc4ccccc4C3)c3ccccc3n2)c1. The predicted molar refractivity (Wildman–Crippen MR) is 112 cm³/mol. The molecule has 0 fully saturated rings. The summed E-state index contributed by atoms with van der Waals surface area (Å²) in [6.45, 7) is 2.61. The molecule has 2 aromatic heterocycles. The number of anilines is 2. The maximum atomic E-state index is 4.91. The molecular formula is C22H20N4S. The van der Waals surface area contributed by atoms with Crippen LogP contribution in [0.25, 0.3) is 10.9 Å². The highest BCUT2D eigenvalue weighted by Crippen LogP contribution is 2.30. The van der Waals surface area contributed by atoms with Crippen molar-refractivity contribution in [2.75, 3.05) is 16.8 Å². The zero-order chi connectivity index (χ0) is 18.1. The van der Waals surface area contributed by atoms with Gasteiger partial charge in [0.25, 0.3) is 0 Å². The molecule has 1 aliphatic heterocycles. The second-order valence-electron chi connectivity index (χ2n) is 6.76. The normalized spacial score (nSPS) is 13.6. The zero-order valence-electron chi connectivity index (χ0n) is 14.9. The third kappa shape index (κ3) is 3.26. The largest absolute Gasteiger partial charge is 0.351 e. The first kappa shape index (κ1) is 16.3. The number of para-hydroxylation sites is 1. The van der Waals surface area contributed by atoms with Gasteiger partial charge in [0.1, 0.15) is 5.82 Å². The maximum Gasteiger partial charge on any atom is 0.225 e. The van der Waals surface area contributed by atoms with Crippen LogP contribution in [0.15, 0.2) is 66.0 Å². The third-order valence-corrected chi connectivity index (χ3v) is 5.89. The highest BCUT2D eigenvalue weighted by molar-refractivity contribution is 7.09. The van der Waals surface area contributed by atoms with Crippen LogP contribution in [-0.4, -0.2) is 16.5 Å². The van der Waals surface area contributed by atoms with Crippen molar-refractivity contribution >= 4 is 34.0 Å². The number of thiophene rings is 1. The Kier molecular flexibility index (Phi) is 4.22. The van der Waals surface area contributed by atoms with Gasteiger partial charge in [0.2, 0.25) is 5.95 Å². The third-order valence-electron chi connectivity index (χ3n) is 5.01. The highest BCUT2D eigenvalue weighted by atomic mass is 32.1. The number of nitrogens with zero attached hydrogens (tertiary/aromatic N) is 3. The van der Waals surface area contributed by atoms with Crippen LogP contribution < -0.4 is 10.2 Å². The van der Waals surface area contributed by atoms with Gasteiger partial charge in [-0.05, 0) is 41.1 Å². The van der Waals surface area contributed by atoms with Gasteiger partial charge >= 0.3 is 0 Å². The van der Waals surface area contributed by atoms with E-state index in [1.165, 1.54) is 16.0 Å². The molecule has 0 amide bonds. The second kappa shape index (κ2) is 7.00. The summed E-state index contributed by atoms with van der Waals surface area (Å²) in [6, 6.07) is 21.2. The van der Waals surface area contributed by atoms with Crippen LogP contribution >= 0.6 is 11.3 Å². The molecule has 0 atom stereocenters. The lowest BCUT2D eigenvalue weighted by molar-refractivity contribution is 0.723. The summed E-state index contributed by atoms with van der Waals surface area (Å²) in [7, 11) is 0. The lowest BCUT2D eigenvalue weighted by Gasteiger charge is -2.30. The van der Waals surface area contributed by atoms with Gasteiger partial charge < -0.3 is 10.2 Å². The van der Waals surface area contributed by atoms with Gasteiger partial charge in [0, 0.05) is 23.4 Å². The van der Waals surface area contributed by atoms with Crippen molar-refractivity contribution in [3.63, 3.8) is 0 Å². The quantitative estimate of drug-likeness (QED) is 0.555. The number of aromatic nitrogens is 2. The fourth-order valence-electron chi connectivity index (χ4n) is 3.64. The van der Waals surface area contributed by atoms with Crippen molar-refractivity contribution < 1.29 is 0 Å². The summed E-state index contributed by atoms with van der Waals surface area (Å²) < 4.78 is 0. The van der Waals surface area contributed by atoms with Crippen molar-refractivity contribution in [3.05, 3.63) is 82.0 Å². The molecule has 0 saturated carbocycles. The number of nitrogens with one attached hydrogen (secondary N) is 1.